The fourth-order valence-corrected chi connectivity index (χ4v) is 5.41. The minimum Gasteiger partial charge on any atom is -0.490 e. The molecule has 4 aromatic rings. The predicted molar refractivity (Wildman–Crippen MR) is 143 cm³/mol. The number of aryl methyl sites for hydroxylation is 1. The molecule has 192 valence electrons. The Hall–Kier alpha value is -3.44. The number of hydrogen-bond acceptors (Lipinski definition) is 7. The van der Waals surface area contributed by atoms with Crippen LogP contribution in [0.15, 0.2) is 76.4 Å². The summed E-state index contributed by atoms with van der Waals surface area (Å²) in [4.78, 5) is 11.3. The van der Waals surface area contributed by atoms with Crippen molar-refractivity contribution < 1.29 is 18.8 Å². The first-order chi connectivity index (χ1) is 17.9. The van der Waals surface area contributed by atoms with Gasteiger partial charge in [0, 0.05) is 10.6 Å². The second-order valence-electron chi connectivity index (χ2n) is 8.00. The second-order valence-corrected chi connectivity index (χ2v) is 10.0. The molecule has 1 aromatic heterocycles. The van der Waals surface area contributed by atoms with Crippen molar-refractivity contribution in [3.05, 3.63) is 104 Å². The average Bonchev–Trinajstić information content (AvgIpc) is 3.23. The molecule has 11 heteroatoms. The molecule has 0 aliphatic carbocycles. The molecule has 0 amide bonds. The van der Waals surface area contributed by atoms with Gasteiger partial charge in [0.2, 0.25) is 6.54 Å². The van der Waals surface area contributed by atoms with E-state index < -0.39 is 5.25 Å². The van der Waals surface area contributed by atoms with Crippen LogP contribution >= 0.6 is 27.7 Å². The average molecular weight is 587 g/mol. The van der Waals surface area contributed by atoms with Crippen molar-refractivity contribution in [2.24, 2.45) is 0 Å². The van der Waals surface area contributed by atoms with Crippen molar-refractivity contribution in [1.82, 2.24) is 14.8 Å². The largest absolute Gasteiger partial charge is 0.490 e. The monoisotopic (exact) mass is 586 g/mol. The lowest BCUT2D eigenvalue weighted by Gasteiger charge is -2.19. The highest BCUT2D eigenvalue weighted by Gasteiger charge is 2.26. The Morgan fingerprint density at radius 3 is 2.51 bits per heavy atom. The number of thioether (sulfide) groups is 1. The zero-order chi connectivity index (χ0) is 26.4. The molecule has 0 fully saturated rings. The fourth-order valence-electron chi connectivity index (χ4n) is 3.69. The van der Waals surface area contributed by atoms with Gasteiger partial charge in [0.25, 0.3) is 0 Å². The molecule has 4 rings (SSSR count). The van der Waals surface area contributed by atoms with Gasteiger partial charge in [0.1, 0.15) is 23.5 Å². The van der Waals surface area contributed by atoms with E-state index in [1.54, 1.807) is 35.8 Å². The lowest BCUT2D eigenvalue weighted by atomic mass is 10.1. The first-order valence-corrected chi connectivity index (χ1v) is 13.1. The molecule has 0 unspecified atom stereocenters. The van der Waals surface area contributed by atoms with Gasteiger partial charge in [-0.2, -0.15) is 0 Å². The van der Waals surface area contributed by atoms with E-state index in [1.807, 2.05) is 37.3 Å². The Bertz CT molecular complexity index is 1370. The Kier molecular flexibility index (Phi) is 8.78. The van der Waals surface area contributed by atoms with Gasteiger partial charge in [-0.1, -0.05) is 42.1 Å². The summed E-state index contributed by atoms with van der Waals surface area (Å²) in [6.45, 7) is 4.00. The first-order valence-electron chi connectivity index (χ1n) is 11.4. The molecule has 3 aromatic carbocycles. The van der Waals surface area contributed by atoms with Gasteiger partial charge in [-0.25, -0.2) is 4.39 Å². The zero-order valence-electron chi connectivity index (χ0n) is 20.1. The maximum absolute atomic E-state index is 13.5. The molecule has 37 heavy (non-hydrogen) atoms. The molecule has 0 spiro atoms. The molecule has 0 bridgehead atoms. The van der Waals surface area contributed by atoms with E-state index in [0.29, 0.717) is 51.4 Å². The summed E-state index contributed by atoms with van der Waals surface area (Å²) in [6.07, 6.45) is 0. The van der Waals surface area contributed by atoms with E-state index in [4.69, 9.17) is 9.47 Å². The van der Waals surface area contributed by atoms with Crippen LogP contribution in [0.1, 0.15) is 29.1 Å². The topological polar surface area (TPSA) is 92.3 Å². The number of nitro groups is 1. The summed E-state index contributed by atoms with van der Waals surface area (Å²) in [7, 11) is 0. The van der Waals surface area contributed by atoms with Gasteiger partial charge >= 0.3 is 0 Å². The number of hydrogen-bond donors (Lipinski definition) is 0. The van der Waals surface area contributed by atoms with Crippen LogP contribution in [0.3, 0.4) is 0 Å². The molecule has 0 aliphatic heterocycles. The van der Waals surface area contributed by atoms with Crippen molar-refractivity contribution >= 4 is 27.7 Å². The molecule has 0 saturated carbocycles. The number of ether oxygens (including phenoxy) is 2. The van der Waals surface area contributed by atoms with Crippen LogP contribution in [-0.2, 0) is 6.61 Å². The lowest BCUT2D eigenvalue weighted by Crippen LogP contribution is -2.12. The predicted octanol–water partition coefficient (Wildman–Crippen LogP) is 6.57. The van der Waals surface area contributed by atoms with Gasteiger partial charge in [0.05, 0.1) is 11.1 Å². The summed E-state index contributed by atoms with van der Waals surface area (Å²) in [5, 5.41) is 19.9. The van der Waals surface area contributed by atoms with Crippen LogP contribution in [0.2, 0.25) is 0 Å². The highest BCUT2D eigenvalue weighted by atomic mass is 79.9. The third-order valence-electron chi connectivity index (χ3n) is 5.37. The summed E-state index contributed by atoms with van der Waals surface area (Å²) >= 11 is 4.78. The van der Waals surface area contributed by atoms with Crippen LogP contribution in [0.5, 0.6) is 11.5 Å². The first kappa shape index (κ1) is 26.6. The molecule has 0 aliphatic rings. The summed E-state index contributed by atoms with van der Waals surface area (Å²) < 4.78 is 27.8. The minimum absolute atomic E-state index is 0.339. The van der Waals surface area contributed by atoms with Gasteiger partial charge in [-0.05, 0) is 77.3 Å². The highest BCUT2D eigenvalue weighted by molar-refractivity contribution is 9.10. The second kappa shape index (κ2) is 12.2. The van der Waals surface area contributed by atoms with E-state index in [9.17, 15) is 14.5 Å². The van der Waals surface area contributed by atoms with Crippen molar-refractivity contribution in [1.29, 1.82) is 0 Å². The zero-order valence-corrected chi connectivity index (χ0v) is 22.5. The number of rotatable bonds is 11. The lowest BCUT2D eigenvalue weighted by molar-refractivity contribution is -0.479. The van der Waals surface area contributed by atoms with E-state index >= 15 is 0 Å². The molecule has 8 nitrogen and oxygen atoms in total. The van der Waals surface area contributed by atoms with E-state index in [2.05, 4.69) is 26.1 Å². The van der Waals surface area contributed by atoms with Gasteiger partial charge in [0.15, 0.2) is 16.7 Å². The number of benzene rings is 3. The van der Waals surface area contributed by atoms with E-state index in [1.165, 1.54) is 23.9 Å². The van der Waals surface area contributed by atoms with Crippen molar-refractivity contribution in [3.63, 3.8) is 0 Å². The maximum Gasteiger partial charge on any atom is 0.220 e. The van der Waals surface area contributed by atoms with Crippen LogP contribution in [0.4, 0.5) is 4.39 Å². The molecule has 0 radical (unpaired) electrons. The Balaban J connectivity index is 1.67. The molecule has 1 heterocycles. The molecule has 1 atom stereocenters. The number of aromatic nitrogens is 3. The summed E-state index contributed by atoms with van der Waals surface area (Å²) in [5.41, 5.74) is 2.32. The number of nitrogens with zero attached hydrogens (tertiary/aromatic N) is 4. The summed E-state index contributed by atoms with van der Waals surface area (Å²) in [5.74, 6) is 1.21. The van der Waals surface area contributed by atoms with E-state index in [-0.39, 0.29) is 17.3 Å². The third kappa shape index (κ3) is 6.66. The standard InChI is InChI=1S/C26H24BrFN4O4S/c1-3-35-23-14-19(13-22(27)25(23)36-16-18-7-5-4-6-8-18)24(15-31(33)34)37-26-30-29-17(2)32(26)21-11-9-20(28)10-12-21/h4-14,24H,3,15-16H2,1-2H3/t24-/m1/s1. The Morgan fingerprint density at radius 1 is 1.11 bits per heavy atom. The fraction of sp³-hybridized carbons (Fsp3) is 0.231. The van der Waals surface area contributed by atoms with Gasteiger partial charge in [-0.3, -0.25) is 14.7 Å². The van der Waals surface area contributed by atoms with Gasteiger partial charge < -0.3 is 9.47 Å². The third-order valence-corrected chi connectivity index (χ3v) is 7.14. The molecular formula is C26H24BrFN4O4S. The molecule has 0 saturated heterocycles. The van der Waals surface area contributed by atoms with Crippen LogP contribution < -0.4 is 9.47 Å². The maximum atomic E-state index is 13.5. The molecule has 0 N–H and O–H groups in total. The quantitative estimate of drug-likeness (QED) is 0.111. The summed E-state index contributed by atoms with van der Waals surface area (Å²) in [6, 6.07) is 19.2. The normalized spacial score (nSPS) is 11.8. The van der Waals surface area contributed by atoms with E-state index in [0.717, 1.165) is 5.56 Å². The highest BCUT2D eigenvalue weighted by Crippen LogP contribution is 2.43. The minimum atomic E-state index is -0.614. The van der Waals surface area contributed by atoms with Crippen molar-refractivity contribution in [2.45, 2.75) is 30.9 Å². The van der Waals surface area contributed by atoms with Crippen LogP contribution in [-0.4, -0.2) is 32.8 Å². The van der Waals surface area contributed by atoms with Crippen LogP contribution in [0, 0.1) is 22.9 Å². The Morgan fingerprint density at radius 2 is 1.84 bits per heavy atom. The molecular weight excluding hydrogens is 563 g/mol. The smallest absolute Gasteiger partial charge is 0.220 e. The van der Waals surface area contributed by atoms with Crippen molar-refractivity contribution in [3.8, 4) is 17.2 Å². The number of halogens is 2. The van der Waals surface area contributed by atoms with Gasteiger partial charge in [-0.15, -0.1) is 10.2 Å². The Labute approximate surface area is 226 Å². The van der Waals surface area contributed by atoms with Crippen molar-refractivity contribution in [2.75, 3.05) is 13.2 Å². The van der Waals surface area contributed by atoms with Crippen LogP contribution in [0.25, 0.3) is 5.69 Å². The SMILES string of the molecule is CCOc1cc([C@@H](C[N+](=O)[O-])Sc2nnc(C)n2-c2ccc(F)cc2)cc(Br)c1OCc1ccccc1.